The van der Waals surface area contributed by atoms with Crippen LogP contribution in [0.3, 0.4) is 0 Å². The Morgan fingerprint density at radius 3 is 2.42 bits per heavy atom. The van der Waals surface area contributed by atoms with Gasteiger partial charge in [-0.25, -0.2) is 8.42 Å². The third kappa shape index (κ3) is 3.41. The predicted octanol–water partition coefficient (Wildman–Crippen LogP) is 3.27. The van der Waals surface area contributed by atoms with Crippen molar-refractivity contribution in [2.45, 2.75) is 30.4 Å². The summed E-state index contributed by atoms with van der Waals surface area (Å²) in [5, 5.41) is 7.81. The van der Waals surface area contributed by atoms with E-state index in [-0.39, 0.29) is 14.9 Å². The van der Waals surface area contributed by atoms with Crippen LogP contribution in [-0.2, 0) is 14.6 Å². The molecule has 1 aromatic carbocycles. The molecule has 106 valence electrons. The van der Waals surface area contributed by atoms with Crippen molar-refractivity contribution in [1.82, 2.24) is 0 Å². The highest BCUT2D eigenvalue weighted by Gasteiger charge is 2.39. The number of sulfone groups is 1. The van der Waals surface area contributed by atoms with Crippen molar-refractivity contribution < 1.29 is 18.3 Å². The number of halogens is 2. The molecular formula is C12H14Cl2O4S. The highest BCUT2D eigenvalue weighted by Crippen LogP contribution is 2.31. The van der Waals surface area contributed by atoms with Crippen LogP contribution in [0.25, 0.3) is 0 Å². The first-order valence-corrected chi connectivity index (χ1v) is 7.93. The van der Waals surface area contributed by atoms with Crippen LogP contribution >= 0.6 is 23.2 Å². The fourth-order valence-corrected chi connectivity index (χ4v) is 4.38. The maximum absolute atomic E-state index is 12.4. The third-order valence-corrected chi connectivity index (χ3v) is 5.90. The highest BCUT2D eigenvalue weighted by atomic mass is 35.5. The Balaban J connectivity index is 3.43. The minimum Gasteiger partial charge on any atom is -0.480 e. The molecule has 1 rings (SSSR count). The normalized spacial score (nSPS) is 14.9. The van der Waals surface area contributed by atoms with E-state index in [1.54, 1.807) is 13.8 Å². The first-order valence-electron chi connectivity index (χ1n) is 5.63. The van der Waals surface area contributed by atoms with Crippen LogP contribution in [0.5, 0.6) is 0 Å². The van der Waals surface area contributed by atoms with Crippen LogP contribution in [0.1, 0.15) is 20.3 Å². The summed E-state index contributed by atoms with van der Waals surface area (Å²) < 4.78 is 24.8. The van der Waals surface area contributed by atoms with Gasteiger partial charge in [-0.15, -0.1) is 0 Å². The molecule has 0 amide bonds. The van der Waals surface area contributed by atoms with Crippen molar-refractivity contribution in [3.05, 3.63) is 28.2 Å². The van der Waals surface area contributed by atoms with Crippen LogP contribution < -0.4 is 0 Å². The number of carbonyl (C=O) groups is 1. The van der Waals surface area contributed by atoms with E-state index in [4.69, 9.17) is 23.2 Å². The molecule has 2 unspecified atom stereocenters. The topological polar surface area (TPSA) is 71.4 Å². The van der Waals surface area contributed by atoms with Gasteiger partial charge in [-0.05, 0) is 24.1 Å². The maximum Gasteiger partial charge on any atom is 0.322 e. The number of hydrogen-bond donors (Lipinski definition) is 1. The van der Waals surface area contributed by atoms with Gasteiger partial charge in [-0.2, -0.15) is 0 Å². The summed E-state index contributed by atoms with van der Waals surface area (Å²) in [4.78, 5) is 11.0. The van der Waals surface area contributed by atoms with Gasteiger partial charge in [0.25, 0.3) is 0 Å². The van der Waals surface area contributed by atoms with Crippen LogP contribution in [0.4, 0.5) is 0 Å². The minimum absolute atomic E-state index is 0.0287. The Morgan fingerprint density at radius 2 is 1.95 bits per heavy atom. The molecule has 0 saturated carbocycles. The van der Waals surface area contributed by atoms with Crippen molar-refractivity contribution in [1.29, 1.82) is 0 Å². The smallest absolute Gasteiger partial charge is 0.322 e. The van der Waals surface area contributed by atoms with E-state index in [1.165, 1.54) is 18.2 Å². The van der Waals surface area contributed by atoms with E-state index < -0.39 is 27.0 Å². The van der Waals surface area contributed by atoms with Crippen LogP contribution in [0, 0.1) is 5.92 Å². The lowest BCUT2D eigenvalue weighted by molar-refractivity contribution is -0.137. The van der Waals surface area contributed by atoms with Gasteiger partial charge in [0, 0.05) is 5.02 Å². The van der Waals surface area contributed by atoms with Gasteiger partial charge in [0.1, 0.15) is 0 Å². The standard InChI is InChI=1S/C12H14Cl2O4S/c1-3-7(2)11(12(15)16)19(17,18)10-6-8(13)4-5-9(10)14/h4-7,11H,3H2,1-2H3,(H,15,16). The maximum atomic E-state index is 12.4. The molecule has 0 aliphatic carbocycles. The Bertz CT molecular complexity index is 583. The van der Waals surface area contributed by atoms with Gasteiger partial charge < -0.3 is 5.11 Å². The molecule has 0 aromatic heterocycles. The SMILES string of the molecule is CCC(C)C(C(=O)O)S(=O)(=O)c1cc(Cl)ccc1Cl. The quantitative estimate of drug-likeness (QED) is 0.902. The molecule has 1 N–H and O–H groups in total. The van der Waals surface area contributed by atoms with Gasteiger partial charge >= 0.3 is 5.97 Å². The van der Waals surface area contributed by atoms with Gasteiger partial charge in [-0.3, -0.25) is 4.79 Å². The molecule has 0 fully saturated rings. The summed E-state index contributed by atoms with van der Waals surface area (Å²) in [6, 6.07) is 3.96. The summed E-state index contributed by atoms with van der Waals surface area (Å²) in [5.41, 5.74) is 0. The van der Waals surface area contributed by atoms with E-state index >= 15 is 0 Å². The van der Waals surface area contributed by atoms with Gasteiger partial charge in [0.2, 0.25) is 0 Å². The first kappa shape index (κ1) is 16.3. The van der Waals surface area contributed by atoms with Crippen molar-refractivity contribution in [2.24, 2.45) is 5.92 Å². The molecule has 0 aliphatic rings. The molecule has 0 bridgehead atoms. The minimum atomic E-state index is -4.08. The van der Waals surface area contributed by atoms with Crippen molar-refractivity contribution in [3.63, 3.8) is 0 Å². The van der Waals surface area contributed by atoms with Gasteiger partial charge in [0.15, 0.2) is 15.1 Å². The molecule has 19 heavy (non-hydrogen) atoms. The molecule has 4 nitrogen and oxygen atoms in total. The zero-order valence-corrected chi connectivity index (χ0v) is 12.8. The summed E-state index contributed by atoms with van der Waals surface area (Å²) in [6.45, 7) is 3.31. The fraction of sp³-hybridized carbons (Fsp3) is 0.417. The average Bonchev–Trinajstić information content (AvgIpc) is 2.31. The Morgan fingerprint density at radius 1 is 1.37 bits per heavy atom. The largest absolute Gasteiger partial charge is 0.480 e. The van der Waals surface area contributed by atoms with Crippen molar-refractivity contribution in [3.8, 4) is 0 Å². The van der Waals surface area contributed by atoms with E-state index in [1.807, 2.05) is 0 Å². The zero-order valence-electron chi connectivity index (χ0n) is 10.4. The lowest BCUT2D eigenvalue weighted by atomic mass is 10.1. The zero-order chi connectivity index (χ0) is 14.8. The highest BCUT2D eigenvalue weighted by molar-refractivity contribution is 7.93. The summed E-state index contributed by atoms with van der Waals surface area (Å²) in [7, 11) is -4.08. The fourth-order valence-electron chi connectivity index (χ4n) is 1.73. The van der Waals surface area contributed by atoms with E-state index in [0.717, 1.165) is 0 Å². The van der Waals surface area contributed by atoms with E-state index in [9.17, 15) is 18.3 Å². The molecule has 0 aliphatic heterocycles. The van der Waals surface area contributed by atoms with Gasteiger partial charge in [0.05, 0.1) is 9.92 Å². The van der Waals surface area contributed by atoms with Crippen molar-refractivity contribution >= 4 is 39.0 Å². The number of hydrogen-bond acceptors (Lipinski definition) is 3. The Labute approximate surface area is 122 Å². The summed E-state index contributed by atoms with van der Waals surface area (Å²) in [6.07, 6.45) is 0.425. The second-order valence-corrected chi connectivity index (χ2v) is 7.15. The van der Waals surface area contributed by atoms with Crippen molar-refractivity contribution in [2.75, 3.05) is 0 Å². The number of aliphatic carboxylic acids is 1. The van der Waals surface area contributed by atoms with Crippen LogP contribution in [-0.4, -0.2) is 24.7 Å². The second-order valence-electron chi connectivity index (χ2n) is 4.26. The lowest BCUT2D eigenvalue weighted by Gasteiger charge is -2.19. The molecule has 0 spiro atoms. The third-order valence-electron chi connectivity index (χ3n) is 2.94. The van der Waals surface area contributed by atoms with E-state index in [0.29, 0.717) is 6.42 Å². The number of carboxylic acid groups (broad SMARTS) is 1. The molecule has 1 aromatic rings. The molecule has 0 heterocycles. The lowest BCUT2D eigenvalue weighted by Crippen LogP contribution is -2.36. The molecule has 0 saturated heterocycles. The molecule has 0 radical (unpaired) electrons. The molecule has 2 atom stereocenters. The van der Waals surface area contributed by atoms with E-state index in [2.05, 4.69) is 0 Å². The Hall–Kier alpha value is -0.780. The predicted molar refractivity (Wildman–Crippen MR) is 74.5 cm³/mol. The first-order chi connectivity index (χ1) is 8.71. The average molecular weight is 325 g/mol. The monoisotopic (exact) mass is 324 g/mol. The molecule has 7 heteroatoms. The number of benzene rings is 1. The summed E-state index contributed by atoms with van der Waals surface area (Å²) in [5.74, 6) is -1.91. The number of rotatable bonds is 5. The molecular weight excluding hydrogens is 311 g/mol. The second kappa shape index (κ2) is 6.11. The van der Waals surface area contributed by atoms with Crippen LogP contribution in [0.15, 0.2) is 23.1 Å². The van der Waals surface area contributed by atoms with Crippen LogP contribution in [0.2, 0.25) is 10.0 Å². The number of carboxylic acids is 1. The Kier molecular flexibility index (Phi) is 5.24. The summed E-state index contributed by atoms with van der Waals surface area (Å²) >= 11 is 11.6. The van der Waals surface area contributed by atoms with Gasteiger partial charge in [-0.1, -0.05) is 43.5 Å².